The zero-order valence-corrected chi connectivity index (χ0v) is 11.2. The van der Waals surface area contributed by atoms with Gasteiger partial charge in [0.25, 0.3) is 0 Å². The van der Waals surface area contributed by atoms with Crippen LogP contribution in [-0.4, -0.2) is 37.1 Å². The molecular formula is C12H20F3NO3. The average molecular weight is 283 g/mol. The minimum atomic E-state index is -4.50. The lowest BCUT2D eigenvalue weighted by atomic mass is 9.86. The summed E-state index contributed by atoms with van der Waals surface area (Å²) in [5.41, 5.74) is -0.291. The van der Waals surface area contributed by atoms with E-state index in [1.165, 1.54) is 0 Å². The molecule has 0 bridgehead atoms. The summed E-state index contributed by atoms with van der Waals surface area (Å²) in [6.45, 7) is 2.92. The first-order valence-electron chi connectivity index (χ1n) is 6.44. The summed E-state index contributed by atoms with van der Waals surface area (Å²) in [4.78, 5) is 11.3. The van der Waals surface area contributed by atoms with Gasteiger partial charge in [-0.15, -0.1) is 0 Å². The van der Waals surface area contributed by atoms with E-state index in [4.69, 9.17) is 4.74 Å². The Balaban J connectivity index is 2.42. The third-order valence-electron chi connectivity index (χ3n) is 3.47. The largest absolute Gasteiger partial charge is 0.440 e. The number of alkyl carbamates (subject to hydrolysis) is 1. The summed E-state index contributed by atoms with van der Waals surface area (Å²) in [7, 11) is 0. The molecule has 0 aromatic heterocycles. The summed E-state index contributed by atoms with van der Waals surface area (Å²) < 4.78 is 45.6. The van der Waals surface area contributed by atoms with Gasteiger partial charge in [-0.1, -0.05) is 13.8 Å². The number of hydrogen-bond acceptors (Lipinski definition) is 3. The molecule has 0 aliphatic carbocycles. The molecule has 1 amide bonds. The van der Waals surface area contributed by atoms with Gasteiger partial charge in [0.15, 0.2) is 6.61 Å². The predicted molar refractivity (Wildman–Crippen MR) is 62.8 cm³/mol. The maximum absolute atomic E-state index is 11.9. The Hall–Kier alpha value is -0.980. The van der Waals surface area contributed by atoms with E-state index in [1.54, 1.807) is 0 Å². The van der Waals surface area contributed by atoms with Gasteiger partial charge in [-0.3, -0.25) is 0 Å². The molecule has 0 radical (unpaired) electrons. The number of carbonyl (C=O) groups excluding carboxylic acids is 1. The van der Waals surface area contributed by atoms with Gasteiger partial charge in [-0.05, 0) is 25.7 Å². The third kappa shape index (κ3) is 5.26. The van der Waals surface area contributed by atoms with E-state index in [9.17, 15) is 18.0 Å². The zero-order chi connectivity index (χ0) is 14.5. The first kappa shape index (κ1) is 16.1. The smallest absolute Gasteiger partial charge is 0.422 e. The molecule has 1 heterocycles. The quantitative estimate of drug-likeness (QED) is 0.862. The van der Waals surface area contributed by atoms with Crippen molar-refractivity contribution in [2.24, 2.45) is 0 Å². The minimum absolute atomic E-state index is 0.200. The van der Waals surface area contributed by atoms with Crippen LogP contribution in [0.25, 0.3) is 0 Å². The molecule has 112 valence electrons. The van der Waals surface area contributed by atoms with Crippen molar-refractivity contribution in [3.63, 3.8) is 0 Å². The Labute approximate surface area is 110 Å². The zero-order valence-electron chi connectivity index (χ0n) is 11.2. The van der Waals surface area contributed by atoms with E-state index in [0.29, 0.717) is 19.4 Å². The lowest BCUT2D eigenvalue weighted by Crippen LogP contribution is -2.48. The fourth-order valence-electron chi connectivity index (χ4n) is 2.25. The molecule has 0 saturated carbocycles. The molecule has 1 saturated heterocycles. The van der Waals surface area contributed by atoms with Crippen LogP contribution in [0.4, 0.5) is 18.0 Å². The molecule has 1 aliphatic rings. The standard InChI is InChI=1S/C12H20F3NO3/c1-3-11(4-2)7-9(5-6-19-11)16-10(17)18-8-12(13,14)15/h9H,3-8H2,1-2H3,(H,16,17). The van der Waals surface area contributed by atoms with Crippen molar-refractivity contribution in [2.75, 3.05) is 13.2 Å². The number of hydrogen-bond donors (Lipinski definition) is 1. The number of rotatable bonds is 4. The second-order valence-corrected chi connectivity index (χ2v) is 4.76. The normalized spacial score (nSPS) is 22.9. The summed E-state index contributed by atoms with van der Waals surface area (Å²) in [5, 5.41) is 2.47. The van der Waals surface area contributed by atoms with Gasteiger partial charge in [0.2, 0.25) is 0 Å². The number of nitrogens with one attached hydrogen (secondary N) is 1. The highest BCUT2D eigenvalue weighted by atomic mass is 19.4. The van der Waals surface area contributed by atoms with Crippen LogP contribution in [0.2, 0.25) is 0 Å². The average Bonchev–Trinajstić information content (AvgIpc) is 2.36. The highest BCUT2D eigenvalue weighted by molar-refractivity contribution is 5.67. The van der Waals surface area contributed by atoms with Crippen LogP contribution in [0, 0.1) is 0 Å². The van der Waals surface area contributed by atoms with E-state index in [0.717, 1.165) is 12.8 Å². The second kappa shape index (κ2) is 6.45. The molecule has 1 aliphatic heterocycles. The minimum Gasteiger partial charge on any atom is -0.440 e. The van der Waals surface area contributed by atoms with E-state index >= 15 is 0 Å². The van der Waals surface area contributed by atoms with Gasteiger partial charge >= 0.3 is 12.3 Å². The first-order valence-corrected chi connectivity index (χ1v) is 6.44. The van der Waals surface area contributed by atoms with Crippen LogP contribution in [0.5, 0.6) is 0 Å². The molecular weight excluding hydrogens is 263 g/mol. The van der Waals surface area contributed by atoms with Gasteiger partial charge in [0, 0.05) is 12.6 Å². The van der Waals surface area contributed by atoms with E-state index in [-0.39, 0.29) is 11.6 Å². The fraction of sp³-hybridized carbons (Fsp3) is 0.917. The number of amides is 1. The Morgan fingerprint density at radius 3 is 2.58 bits per heavy atom. The van der Waals surface area contributed by atoms with E-state index in [2.05, 4.69) is 10.1 Å². The van der Waals surface area contributed by atoms with Crippen molar-refractivity contribution in [2.45, 2.75) is 57.3 Å². The first-order chi connectivity index (χ1) is 8.80. The van der Waals surface area contributed by atoms with Crippen LogP contribution < -0.4 is 5.32 Å². The number of alkyl halides is 3. The Morgan fingerprint density at radius 1 is 1.42 bits per heavy atom. The van der Waals surface area contributed by atoms with Crippen molar-refractivity contribution in [1.82, 2.24) is 5.32 Å². The van der Waals surface area contributed by atoms with Crippen LogP contribution in [0.1, 0.15) is 39.5 Å². The number of halogens is 3. The SMILES string of the molecule is CCC1(CC)CC(NC(=O)OCC(F)(F)F)CCO1. The second-order valence-electron chi connectivity index (χ2n) is 4.76. The molecule has 0 spiro atoms. The monoisotopic (exact) mass is 283 g/mol. The summed E-state index contributed by atoms with van der Waals surface area (Å²) in [6, 6.07) is -0.200. The molecule has 1 N–H and O–H groups in total. The summed E-state index contributed by atoms with van der Waals surface area (Å²) >= 11 is 0. The molecule has 1 atom stereocenters. The molecule has 1 rings (SSSR count). The lowest BCUT2D eigenvalue weighted by molar-refractivity contribution is -0.160. The predicted octanol–water partition coefficient (Wildman–Crippen LogP) is 3.01. The summed E-state index contributed by atoms with van der Waals surface area (Å²) in [5.74, 6) is 0. The van der Waals surface area contributed by atoms with Crippen molar-refractivity contribution in [1.29, 1.82) is 0 Å². The molecule has 7 heteroatoms. The molecule has 19 heavy (non-hydrogen) atoms. The molecule has 1 unspecified atom stereocenters. The van der Waals surface area contributed by atoms with Crippen LogP contribution >= 0.6 is 0 Å². The topological polar surface area (TPSA) is 47.6 Å². The van der Waals surface area contributed by atoms with E-state index < -0.39 is 18.9 Å². The van der Waals surface area contributed by atoms with Crippen molar-refractivity contribution >= 4 is 6.09 Å². The highest BCUT2D eigenvalue weighted by Gasteiger charge is 2.36. The van der Waals surface area contributed by atoms with Crippen LogP contribution in [0.15, 0.2) is 0 Å². The molecule has 4 nitrogen and oxygen atoms in total. The van der Waals surface area contributed by atoms with Crippen LogP contribution in [0.3, 0.4) is 0 Å². The van der Waals surface area contributed by atoms with Crippen molar-refractivity contribution in [3.05, 3.63) is 0 Å². The fourth-order valence-corrected chi connectivity index (χ4v) is 2.25. The van der Waals surface area contributed by atoms with Gasteiger partial charge in [0.05, 0.1) is 5.60 Å². The van der Waals surface area contributed by atoms with Crippen molar-refractivity contribution in [3.8, 4) is 0 Å². The maximum atomic E-state index is 11.9. The van der Waals surface area contributed by atoms with Crippen molar-refractivity contribution < 1.29 is 27.4 Å². The maximum Gasteiger partial charge on any atom is 0.422 e. The lowest BCUT2D eigenvalue weighted by Gasteiger charge is -2.40. The van der Waals surface area contributed by atoms with Gasteiger partial charge in [-0.2, -0.15) is 13.2 Å². The number of carbonyl (C=O) groups is 1. The van der Waals surface area contributed by atoms with Gasteiger partial charge < -0.3 is 14.8 Å². The Morgan fingerprint density at radius 2 is 2.05 bits per heavy atom. The van der Waals surface area contributed by atoms with E-state index in [1.807, 2.05) is 13.8 Å². The molecule has 0 aromatic carbocycles. The van der Waals surface area contributed by atoms with Gasteiger partial charge in [0.1, 0.15) is 0 Å². The highest BCUT2D eigenvalue weighted by Crippen LogP contribution is 2.31. The Kier molecular flexibility index (Phi) is 5.46. The molecule has 0 aromatic rings. The number of ether oxygens (including phenoxy) is 2. The Bertz CT molecular complexity index is 303. The van der Waals surface area contributed by atoms with Crippen LogP contribution in [-0.2, 0) is 9.47 Å². The molecule has 1 fully saturated rings. The summed E-state index contributed by atoms with van der Waals surface area (Å²) in [6.07, 6.45) is -2.73. The van der Waals surface area contributed by atoms with Gasteiger partial charge in [-0.25, -0.2) is 4.79 Å². The third-order valence-corrected chi connectivity index (χ3v) is 3.47.